The van der Waals surface area contributed by atoms with Gasteiger partial charge in [-0.2, -0.15) is 9.61 Å². The zero-order valence-electron chi connectivity index (χ0n) is 12.6. The van der Waals surface area contributed by atoms with Gasteiger partial charge in [0.1, 0.15) is 5.82 Å². The molecule has 1 fully saturated rings. The highest BCUT2D eigenvalue weighted by Crippen LogP contribution is 2.22. The third-order valence-electron chi connectivity index (χ3n) is 4.05. The Morgan fingerprint density at radius 2 is 1.95 bits per heavy atom. The fourth-order valence-corrected chi connectivity index (χ4v) is 2.96. The summed E-state index contributed by atoms with van der Waals surface area (Å²) >= 11 is 0. The standard InChI is InChI=1S/C16H24N4/c1-3-4-8-14-12-15-17-13(2)11-16(20(15)18-14)19-9-6-5-7-10-19/h11-12H,3-10H2,1-2H3. The van der Waals surface area contributed by atoms with Crippen LogP contribution in [0.15, 0.2) is 12.1 Å². The molecule has 0 N–H and O–H groups in total. The molecule has 0 unspecified atom stereocenters. The number of piperidine rings is 1. The Labute approximate surface area is 120 Å². The molecule has 0 aliphatic carbocycles. The number of fused-ring (bicyclic) bond motifs is 1. The number of nitrogens with zero attached hydrogens (tertiary/aromatic N) is 4. The van der Waals surface area contributed by atoms with E-state index in [1.54, 1.807) is 0 Å². The highest BCUT2D eigenvalue weighted by Gasteiger charge is 2.16. The number of anilines is 1. The Balaban J connectivity index is 1.98. The van der Waals surface area contributed by atoms with E-state index in [1.165, 1.54) is 43.6 Å². The fourth-order valence-electron chi connectivity index (χ4n) is 2.96. The molecule has 1 aliphatic rings. The van der Waals surface area contributed by atoms with Crippen molar-refractivity contribution in [1.29, 1.82) is 0 Å². The first-order valence-corrected chi connectivity index (χ1v) is 7.89. The number of aromatic nitrogens is 3. The van der Waals surface area contributed by atoms with Gasteiger partial charge in [0.15, 0.2) is 5.65 Å². The molecule has 0 atom stereocenters. The Kier molecular flexibility index (Phi) is 3.90. The molecule has 2 aromatic heterocycles. The van der Waals surface area contributed by atoms with Crippen LogP contribution in [0, 0.1) is 6.92 Å². The molecule has 0 amide bonds. The zero-order chi connectivity index (χ0) is 13.9. The molecule has 0 radical (unpaired) electrons. The smallest absolute Gasteiger partial charge is 0.157 e. The van der Waals surface area contributed by atoms with Crippen molar-refractivity contribution in [2.75, 3.05) is 18.0 Å². The first-order chi connectivity index (χ1) is 9.78. The van der Waals surface area contributed by atoms with Crippen LogP contribution in [0.25, 0.3) is 5.65 Å². The number of aryl methyl sites for hydroxylation is 2. The van der Waals surface area contributed by atoms with Crippen LogP contribution in [-0.4, -0.2) is 27.7 Å². The molecule has 4 nitrogen and oxygen atoms in total. The van der Waals surface area contributed by atoms with Crippen LogP contribution in [0.4, 0.5) is 5.82 Å². The predicted molar refractivity (Wildman–Crippen MR) is 82.4 cm³/mol. The summed E-state index contributed by atoms with van der Waals surface area (Å²) in [5.41, 5.74) is 3.25. The van der Waals surface area contributed by atoms with Crippen molar-refractivity contribution in [2.24, 2.45) is 0 Å². The van der Waals surface area contributed by atoms with Crippen LogP contribution in [0.2, 0.25) is 0 Å². The Bertz CT molecular complexity index is 581. The Hall–Kier alpha value is -1.58. The summed E-state index contributed by atoms with van der Waals surface area (Å²) in [5.74, 6) is 1.22. The normalized spacial score (nSPS) is 16.0. The van der Waals surface area contributed by atoms with E-state index in [2.05, 4.69) is 35.9 Å². The lowest BCUT2D eigenvalue weighted by Gasteiger charge is -2.28. The lowest BCUT2D eigenvalue weighted by molar-refractivity contribution is 0.567. The first-order valence-electron chi connectivity index (χ1n) is 7.89. The molecule has 0 saturated carbocycles. The van der Waals surface area contributed by atoms with E-state index < -0.39 is 0 Å². The monoisotopic (exact) mass is 272 g/mol. The van der Waals surface area contributed by atoms with Crippen LogP contribution < -0.4 is 4.90 Å². The van der Waals surface area contributed by atoms with Gasteiger partial charge in [-0.1, -0.05) is 13.3 Å². The van der Waals surface area contributed by atoms with Gasteiger partial charge in [0, 0.05) is 30.9 Å². The van der Waals surface area contributed by atoms with E-state index >= 15 is 0 Å². The predicted octanol–water partition coefficient (Wildman–Crippen LogP) is 3.37. The third kappa shape index (κ3) is 2.65. The van der Waals surface area contributed by atoms with Crippen LogP contribution in [0.3, 0.4) is 0 Å². The fraction of sp³-hybridized carbons (Fsp3) is 0.625. The average molecular weight is 272 g/mol. The first kappa shape index (κ1) is 13.4. The van der Waals surface area contributed by atoms with Gasteiger partial charge < -0.3 is 4.90 Å². The molecule has 1 saturated heterocycles. The summed E-state index contributed by atoms with van der Waals surface area (Å²) in [6.07, 6.45) is 7.38. The molecule has 3 rings (SSSR count). The minimum atomic E-state index is 0.997. The minimum Gasteiger partial charge on any atom is -0.356 e. The number of unbranched alkanes of at least 4 members (excludes halogenated alkanes) is 1. The third-order valence-corrected chi connectivity index (χ3v) is 4.05. The summed E-state index contributed by atoms with van der Waals surface area (Å²) in [5, 5.41) is 4.78. The van der Waals surface area contributed by atoms with E-state index in [-0.39, 0.29) is 0 Å². The maximum atomic E-state index is 4.78. The molecule has 2 aromatic rings. The van der Waals surface area contributed by atoms with Crippen molar-refractivity contribution >= 4 is 11.5 Å². The topological polar surface area (TPSA) is 33.4 Å². The summed E-state index contributed by atoms with van der Waals surface area (Å²) in [6, 6.07) is 4.32. The van der Waals surface area contributed by atoms with Gasteiger partial charge in [-0.3, -0.25) is 0 Å². The molecule has 108 valence electrons. The van der Waals surface area contributed by atoms with Gasteiger partial charge in [0.05, 0.1) is 5.69 Å². The summed E-state index contributed by atoms with van der Waals surface area (Å²) in [4.78, 5) is 7.09. The molecule has 0 spiro atoms. The van der Waals surface area contributed by atoms with E-state index in [0.29, 0.717) is 0 Å². The van der Waals surface area contributed by atoms with Crippen LogP contribution in [0.1, 0.15) is 50.4 Å². The largest absolute Gasteiger partial charge is 0.356 e. The van der Waals surface area contributed by atoms with Crippen molar-refractivity contribution in [3.05, 3.63) is 23.5 Å². The quantitative estimate of drug-likeness (QED) is 0.855. The highest BCUT2D eigenvalue weighted by molar-refractivity contribution is 5.52. The molecule has 0 bridgehead atoms. The maximum Gasteiger partial charge on any atom is 0.157 e. The molecular formula is C16H24N4. The van der Waals surface area contributed by atoms with Gasteiger partial charge in [-0.15, -0.1) is 0 Å². The second-order valence-corrected chi connectivity index (χ2v) is 5.81. The van der Waals surface area contributed by atoms with E-state index in [0.717, 1.165) is 30.9 Å². The zero-order valence-corrected chi connectivity index (χ0v) is 12.6. The van der Waals surface area contributed by atoms with Gasteiger partial charge >= 0.3 is 0 Å². The lowest BCUT2D eigenvalue weighted by atomic mass is 10.1. The minimum absolute atomic E-state index is 0.997. The van der Waals surface area contributed by atoms with Crippen molar-refractivity contribution < 1.29 is 0 Å². The number of hydrogen-bond acceptors (Lipinski definition) is 3. The van der Waals surface area contributed by atoms with E-state index in [1.807, 2.05) is 4.52 Å². The van der Waals surface area contributed by atoms with Gasteiger partial charge in [0.25, 0.3) is 0 Å². The van der Waals surface area contributed by atoms with Crippen molar-refractivity contribution in [2.45, 2.75) is 52.4 Å². The van der Waals surface area contributed by atoms with Crippen molar-refractivity contribution in [3.8, 4) is 0 Å². The molecule has 1 aliphatic heterocycles. The second kappa shape index (κ2) is 5.81. The molecule has 0 aromatic carbocycles. The van der Waals surface area contributed by atoms with Crippen LogP contribution >= 0.6 is 0 Å². The average Bonchev–Trinajstić information content (AvgIpc) is 2.87. The summed E-state index contributed by atoms with van der Waals surface area (Å²) in [7, 11) is 0. The van der Waals surface area contributed by atoms with E-state index in [4.69, 9.17) is 5.10 Å². The van der Waals surface area contributed by atoms with Gasteiger partial charge in [-0.05, 0) is 39.0 Å². The van der Waals surface area contributed by atoms with Crippen LogP contribution in [-0.2, 0) is 6.42 Å². The van der Waals surface area contributed by atoms with Gasteiger partial charge in [-0.25, -0.2) is 4.98 Å². The highest BCUT2D eigenvalue weighted by atomic mass is 15.3. The maximum absolute atomic E-state index is 4.78. The summed E-state index contributed by atoms with van der Waals surface area (Å²) in [6.45, 7) is 6.58. The Morgan fingerprint density at radius 1 is 1.15 bits per heavy atom. The lowest BCUT2D eigenvalue weighted by Crippen LogP contribution is -2.31. The van der Waals surface area contributed by atoms with Crippen molar-refractivity contribution in [1.82, 2.24) is 14.6 Å². The molecule has 3 heterocycles. The molecule has 20 heavy (non-hydrogen) atoms. The number of hydrogen-bond donors (Lipinski definition) is 0. The second-order valence-electron chi connectivity index (χ2n) is 5.81. The summed E-state index contributed by atoms with van der Waals surface area (Å²) < 4.78 is 2.04. The van der Waals surface area contributed by atoms with Gasteiger partial charge in [0.2, 0.25) is 0 Å². The number of rotatable bonds is 4. The Morgan fingerprint density at radius 3 is 2.70 bits per heavy atom. The molecule has 4 heteroatoms. The molecular weight excluding hydrogens is 248 g/mol. The van der Waals surface area contributed by atoms with Crippen molar-refractivity contribution in [3.63, 3.8) is 0 Å². The van der Waals surface area contributed by atoms with E-state index in [9.17, 15) is 0 Å². The van der Waals surface area contributed by atoms with Crippen LogP contribution in [0.5, 0.6) is 0 Å². The SMILES string of the molecule is CCCCc1cc2nc(C)cc(N3CCCCC3)n2n1.